The molecule has 0 aliphatic carbocycles. The van der Waals surface area contributed by atoms with Crippen LogP contribution in [0.1, 0.15) is 27.8 Å². The van der Waals surface area contributed by atoms with Gasteiger partial charge >= 0.3 is 0 Å². The van der Waals surface area contributed by atoms with Gasteiger partial charge in [0.05, 0.1) is 24.9 Å². The standard InChI is InChI=1S/C24H24Cl2N4O3/c1-16-14-22(31)23(28-30(16)18-8-6-17(25)7-9-18)24(32)27-15-21(29-10-12-33-13-11-29)19-4-2-3-5-20(19)26/h2-9,14,21H,10-13,15H2,1H3,(H,27,32). The van der Waals surface area contributed by atoms with Crippen LogP contribution in [0.2, 0.25) is 10.0 Å². The fourth-order valence-corrected chi connectivity index (χ4v) is 4.28. The second kappa shape index (κ2) is 10.5. The summed E-state index contributed by atoms with van der Waals surface area (Å²) in [5, 5.41) is 8.45. The molecule has 172 valence electrons. The topological polar surface area (TPSA) is 76.5 Å². The van der Waals surface area contributed by atoms with Crippen LogP contribution in [0.4, 0.5) is 0 Å². The van der Waals surface area contributed by atoms with E-state index >= 15 is 0 Å². The fourth-order valence-electron chi connectivity index (χ4n) is 3.89. The van der Waals surface area contributed by atoms with Crippen LogP contribution in [0.5, 0.6) is 0 Å². The van der Waals surface area contributed by atoms with Crippen LogP contribution in [0, 0.1) is 6.92 Å². The third-order valence-corrected chi connectivity index (χ3v) is 6.20. The molecule has 2 heterocycles. The Bertz CT molecular complexity index is 1190. The van der Waals surface area contributed by atoms with Crippen LogP contribution in [0.25, 0.3) is 5.69 Å². The molecule has 1 amide bonds. The minimum atomic E-state index is -0.534. The van der Waals surface area contributed by atoms with Crippen molar-refractivity contribution in [3.63, 3.8) is 0 Å². The van der Waals surface area contributed by atoms with E-state index in [2.05, 4.69) is 15.3 Å². The second-order valence-electron chi connectivity index (χ2n) is 7.78. The summed E-state index contributed by atoms with van der Waals surface area (Å²) in [6.07, 6.45) is 0. The molecule has 0 saturated carbocycles. The fraction of sp³-hybridized carbons (Fsp3) is 0.292. The quantitative estimate of drug-likeness (QED) is 0.575. The molecule has 0 bridgehead atoms. The molecule has 2 aromatic carbocycles. The number of carbonyl (C=O) groups excluding carboxylic acids is 1. The minimum Gasteiger partial charge on any atom is -0.379 e. The van der Waals surface area contributed by atoms with E-state index in [1.54, 1.807) is 35.9 Å². The van der Waals surface area contributed by atoms with Crippen molar-refractivity contribution in [2.75, 3.05) is 32.8 Å². The van der Waals surface area contributed by atoms with Crippen molar-refractivity contribution >= 4 is 29.1 Å². The highest BCUT2D eigenvalue weighted by molar-refractivity contribution is 6.31. The molecular formula is C24H24Cl2N4O3. The van der Waals surface area contributed by atoms with Gasteiger partial charge in [-0.05, 0) is 42.8 Å². The van der Waals surface area contributed by atoms with Crippen LogP contribution in [-0.4, -0.2) is 53.4 Å². The number of ether oxygens (including phenoxy) is 1. The van der Waals surface area contributed by atoms with E-state index in [0.717, 1.165) is 18.7 Å². The lowest BCUT2D eigenvalue weighted by Gasteiger charge is -2.35. The molecular weight excluding hydrogens is 463 g/mol. The van der Waals surface area contributed by atoms with Crippen LogP contribution in [0.15, 0.2) is 59.4 Å². The first kappa shape index (κ1) is 23.4. The minimum absolute atomic E-state index is 0.157. The Hall–Kier alpha value is -2.71. The van der Waals surface area contributed by atoms with Crippen molar-refractivity contribution in [2.45, 2.75) is 13.0 Å². The summed E-state index contributed by atoms with van der Waals surface area (Å²) in [5.74, 6) is -0.534. The van der Waals surface area contributed by atoms with Gasteiger partial charge in [-0.25, -0.2) is 4.68 Å². The molecule has 1 unspecified atom stereocenters. The summed E-state index contributed by atoms with van der Waals surface area (Å²) in [5.41, 5.74) is 1.62. The smallest absolute Gasteiger partial charge is 0.275 e. The first-order chi connectivity index (χ1) is 15.9. The first-order valence-electron chi connectivity index (χ1n) is 10.7. The van der Waals surface area contributed by atoms with Gasteiger partial charge in [0.2, 0.25) is 5.43 Å². The highest BCUT2D eigenvalue weighted by atomic mass is 35.5. The molecule has 0 radical (unpaired) electrons. The van der Waals surface area contributed by atoms with Gasteiger partial charge < -0.3 is 10.1 Å². The molecule has 3 aromatic rings. The van der Waals surface area contributed by atoms with Crippen LogP contribution in [-0.2, 0) is 4.74 Å². The van der Waals surface area contributed by atoms with E-state index in [0.29, 0.717) is 34.6 Å². The van der Waals surface area contributed by atoms with Gasteiger partial charge in [-0.1, -0.05) is 41.4 Å². The molecule has 1 aliphatic rings. The number of benzene rings is 2. The van der Waals surface area contributed by atoms with Crippen molar-refractivity contribution in [2.24, 2.45) is 0 Å². The third-order valence-electron chi connectivity index (χ3n) is 5.60. The number of nitrogens with one attached hydrogen (secondary N) is 1. The molecule has 1 aliphatic heterocycles. The average Bonchev–Trinajstić information content (AvgIpc) is 2.82. The Balaban J connectivity index is 1.58. The van der Waals surface area contributed by atoms with Gasteiger partial charge in [-0.2, -0.15) is 5.10 Å². The zero-order valence-electron chi connectivity index (χ0n) is 18.1. The van der Waals surface area contributed by atoms with E-state index in [1.807, 2.05) is 24.3 Å². The van der Waals surface area contributed by atoms with Crippen molar-refractivity contribution in [3.05, 3.63) is 91.8 Å². The van der Waals surface area contributed by atoms with E-state index < -0.39 is 11.3 Å². The van der Waals surface area contributed by atoms with E-state index in [4.69, 9.17) is 27.9 Å². The lowest BCUT2D eigenvalue weighted by Crippen LogP contribution is -2.44. The maximum absolute atomic E-state index is 13.0. The second-order valence-corrected chi connectivity index (χ2v) is 8.63. The number of amides is 1. The largest absolute Gasteiger partial charge is 0.379 e. The van der Waals surface area contributed by atoms with Gasteiger partial charge in [-0.15, -0.1) is 0 Å². The predicted molar refractivity (Wildman–Crippen MR) is 128 cm³/mol. The maximum Gasteiger partial charge on any atom is 0.275 e. The zero-order valence-corrected chi connectivity index (χ0v) is 19.6. The van der Waals surface area contributed by atoms with E-state index in [9.17, 15) is 9.59 Å². The van der Waals surface area contributed by atoms with Crippen LogP contribution < -0.4 is 10.7 Å². The molecule has 0 spiro atoms. The number of hydrogen-bond acceptors (Lipinski definition) is 5. The number of aromatic nitrogens is 2. The Morgan fingerprint density at radius 2 is 1.82 bits per heavy atom. The highest BCUT2D eigenvalue weighted by Crippen LogP contribution is 2.27. The summed E-state index contributed by atoms with van der Waals surface area (Å²) in [6, 6.07) is 15.8. The molecule has 4 rings (SSSR count). The Kier molecular flexibility index (Phi) is 7.45. The molecule has 1 aromatic heterocycles. The number of carbonyl (C=O) groups is 1. The van der Waals surface area contributed by atoms with Gasteiger partial charge in [0.1, 0.15) is 0 Å². The third kappa shape index (κ3) is 5.45. The molecule has 7 nitrogen and oxygen atoms in total. The van der Waals surface area contributed by atoms with Crippen molar-refractivity contribution in [3.8, 4) is 5.69 Å². The summed E-state index contributed by atoms with van der Waals surface area (Å²) >= 11 is 12.4. The summed E-state index contributed by atoms with van der Waals surface area (Å²) in [4.78, 5) is 27.8. The van der Waals surface area contributed by atoms with Crippen molar-refractivity contribution in [1.29, 1.82) is 0 Å². The number of halogens is 2. The summed E-state index contributed by atoms with van der Waals surface area (Å²) in [6.45, 7) is 4.70. The Morgan fingerprint density at radius 1 is 1.12 bits per heavy atom. The average molecular weight is 487 g/mol. The first-order valence-corrected chi connectivity index (χ1v) is 11.4. The van der Waals surface area contributed by atoms with Crippen molar-refractivity contribution in [1.82, 2.24) is 20.0 Å². The normalized spacial score (nSPS) is 15.2. The zero-order chi connectivity index (χ0) is 23.4. The van der Waals surface area contributed by atoms with E-state index in [-0.39, 0.29) is 18.3 Å². The number of morpholine rings is 1. The van der Waals surface area contributed by atoms with Gasteiger partial charge in [0.15, 0.2) is 5.69 Å². The Morgan fingerprint density at radius 3 is 2.52 bits per heavy atom. The summed E-state index contributed by atoms with van der Waals surface area (Å²) < 4.78 is 7.03. The molecule has 1 N–H and O–H groups in total. The molecule has 1 fully saturated rings. The lowest BCUT2D eigenvalue weighted by atomic mass is 10.0. The summed E-state index contributed by atoms with van der Waals surface area (Å²) in [7, 11) is 0. The SMILES string of the molecule is Cc1cc(=O)c(C(=O)NCC(c2ccccc2Cl)N2CCOCC2)nn1-c1ccc(Cl)cc1. The molecule has 1 saturated heterocycles. The number of rotatable bonds is 6. The van der Waals surface area contributed by atoms with Crippen LogP contribution >= 0.6 is 23.2 Å². The predicted octanol–water partition coefficient (Wildman–Crippen LogP) is 3.65. The van der Waals surface area contributed by atoms with Gasteiger partial charge in [0.25, 0.3) is 5.91 Å². The maximum atomic E-state index is 13.0. The number of nitrogens with zero attached hydrogens (tertiary/aromatic N) is 3. The number of aryl methyl sites for hydroxylation is 1. The molecule has 9 heteroatoms. The number of hydrogen-bond donors (Lipinski definition) is 1. The van der Waals surface area contributed by atoms with E-state index in [1.165, 1.54) is 6.07 Å². The van der Waals surface area contributed by atoms with Gasteiger partial charge in [0, 0.05) is 41.4 Å². The van der Waals surface area contributed by atoms with Crippen molar-refractivity contribution < 1.29 is 9.53 Å². The van der Waals surface area contributed by atoms with Gasteiger partial charge in [-0.3, -0.25) is 14.5 Å². The monoisotopic (exact) mass is 486 g/mol. The highest BCUT2D eigenvalue weighted by Gasteiger charge is 2.26. The molecule has 1 atom stereocenters. The van der Waals surface area contributed by atoms with Crippen LogP contribution in [0.3, 0.4) is 0 Å². The molecule has 33 heavy (non-hydrogen) atoms. The Labute approximate surface area is 201 Å². The lowest BCUT2D eigenvalue weighted by molar-refractivity contribution is 0.0162.